The number of nitrogens with one attached hydrogen (secondary N) is 2. The SMILES string of the molecule is CCN(CC(=O)Nc1ccccc1C(F)(F)F)C(=O)c1ccc2[nH]c3c(c2c1)C[C@@H](C)CC3. The predicted octanol–water partition coefficient (Wildman–Crippen LogP) is 5.41. The third-order valence-corrected chi connectivity index (χ3v) is 6.19. The first-order chi connectivity index (χ1) is 15.7. The predicted molar refractivity (Wildman–Crippen MR) is 121 cm³/mol. The summed E-state index contributed by atoms with van der Waals surface area (Å²) in [6, 6.07) is 10.2. The van der Waals surface area contributed by atoms with E-state index in [9.17, 15) is 22.8 Å². The molecule has 0 spiro atoms. The van der Waals surface area contributed by atoms with Gasteiger partial charge in [-0.3, -0.25) is 9.59 Å². The molecule has 1 atom stereocenters. The Hall–Kier alpha value is -3.29. The van der Waals surface area contributed by atoms with Crippen molar-refractivity contribution in [2.24, 2.45) is 5.92 Å². The molecule has 0 radical (unpaired) electrons. The number of anilines is 1. The first kappa shape index (κ1) is 22.9. The summed E-state index contributed by atoms with van der Waals surface area (Å²) in [7, 11) is 0. The number of H-pyrrole nitrogens is 1. The Morgan fingerprint density at radius 3 is 2.67 bits per heavy atom. The van der Waals surface area contributed by atoms with Crippen LogP contribution in [0, 0.1) is 5.92 Å². The number of benzene rings is 2. The second kappa shape index (κ2) is 8.92. The van der Waals surface area contributed by atoms with E-state index in [2.05, 4.69) is 17.2 Å². The van der Waals surface area contributed by atoms with Crippen LogP contribution in [0.15, 0.2) is 42.5 Å². The van der Waals surface area contributed by atoms with Crippen molar-refractivity contribution in [1.29, 1.82) is 0 Å². The molecule has 8 heteroatoms. The number of aromatic amines is 1. The smallest absolute Gasteiger partial charge is 0.358 e. The quantitative estimate of drug-likeness (QED) is 0.538. The molecule has 0 aliphatic heterocycles. The number of carbonyl (C=O) groups excluding carboxylic acids is 2. The summed E-state index contributed by atoms with van der Waals surface area (Å²) in [5, 5.41) is 3.32. The molecule has 174 valence electrons. The lowest BCUT2D eigenvalue weighted by Crippen LogP contribution is -2.38. The monoisotopic (exact) mass is 457 g/mol. The Kier molecular flexibility index (Phi) is 6.19. The van der Waals surface area contributed by atoms with E-state index in [1.807, 2.05) is 12.1 Å². The van der Waals surface area contributed by atoms with Crippen molar-refractivity contribution in [2.75, 3.05) is 18.4 Å². The number of amides is 2. The number of halogens is 3. The molecule has 4 rings (SSSR count). The Labute approximate surface area is 190 Å². The van der Waals surface area contributed by atoms with Crippen LogP contribution in [0.5, 0.6) is 0 Å². The van der Waals surface area contributed by atoms with E-state index in [0.717, 1.165) is 36.2 Å². The van der Waals surface area contributed by atoms with Crippen molar-refractivity contribution >= 4 is 28.4 Å². The van der Waals surface area contributed by atoms with Crippen LogP contribution >= 0.6 is 0 Å². The third-order valence-electron chi connectivity index (χ3n) is 6.19. The van der Waals surface area contributed by atoms with E-state index in [-0.39, 0.29) is 24.7 Å². The van der Waals surface area contributed by atoms with Crippen molar-refractivity contribution in [2.45, 2.75) is 39.3 Å². The summed E-state index contributed by atoms with van der Waals surface area (Å²) >= 11 is 0. The van der Waals surface area contributed by atoms with Gasteiger partial charge in [-0.1, -0.05) is 19.1 Å². The van der Waals surface area contributed by atoms with E-state index >= 15 is 0 Å². The molecule has 0 saturated heterocycles. The molecule has 1 heterocycles. The fourth-order valence-corrected chi connectivity index (χ4v) is 4.44. The zero-order chi connectivity index (χ0) is 23.8. The highest BCUT2D eigenvalue weighted by molar-refractivity contribution is 6.02. The van der Waals surface area contributed by atoms with Gasteiger partial charge in [0, 0.05) is 28.7 Å². The van der Waals surface area contributed by atoms with E-state index in [4.69, 9.17) is 0 Å². The number of hydrogen-bond donors (Lipinski definition) is 2. The number of aryl methyl sites for hydroxylation is 1. The summed E-state index contributed by atoms with van der Waals surface area (Å²) in [4.78, 5) is 30.4. The van der Waals surface area contributed by atoms with Crippen molar-refractivity contribution in [3.63, 3.8) is 0 Å². The van der Waals surface area contributed by atoms with E-state index < -0.39 is 17.6 Å². The lowest BCUT2D eigenvalue weighted by Gasteiger charge is -2.21. The highest BCUT2D eigenvalue weighted by Gasteiger charge is 2.33. The van der Waals surface area contributed by atoms with Gasteiger partial charge in [0.15, 0.2) is 0 Å². The van der Waals surface area contributed by atoms with Crippen molar-refractivity contribution in [3.8, 4) is 0 Å². The van der Waals surface area contributed by atoms with Crippen LogP contribution in [-0.2, 0) is 23.8 Å². The molecule has 33 heavy (non-hydrogen) atoms. The van der Waals surface area contributed by atoms with Crippen molar-refractivity contribution < 1.29 is 22.8 Å². The molecule has 3 aromatic rings. The second-order valence-electron chi connectivity index (χ2n) is 8.60. The number of carbonyl (C=O) groups is 2. The molecule has 2 N–H and O–H groups in total. The molecule has 0 unspecified atom stereocenters. The number of alkyl halides is 3. The normalized spacial score (nSPS) is 15.8. The van der Waals surface area contributed by atoms with Gasteiger partial charge in [0.05, 0.1) is 11.3 Å². The largest absolute Gasteiger partial charge is 0.418 e. The van der Waals surface area contributed by atoms with Crippen LogP contribution in [0.25, 0.3) is 10.9 Å². The molecule has 2 amide bonds. The minimum Gasteiger partial charge on any atom is -0.358 e. The van der Waals surface area contributed by atoms with E-state index in [1.165, 1.54) is 34.4 Å². The van der Waals surface area contributed by atoms with Gasteiger partial charge >= 0.3 is 6.18 Å². The summed E-state index contributed by atoms with van der Waals surface area (Å²) < 4.78 is 39.6. The van der Waals surface area contributed by atoms with Crippen LogP contribution in [0.3, 0.4) is 0 Å². The van der Waals surface area contributed by atoms with Gasteiger partial charge in [0.25, 0.3) is 5.91 Å². The summed E-state index contributed by atoms with van der Waals surface area (Å²) in [6.07, 6.45) is -1.53. The van der Waals surface area contributed by atoms with Crippen molar-refractivity contribution in [3.05, 3.63) is 64.8 Å². The van der Waals surface area contributed by atoms with Crippen LogP contribution in [-0.4, -0.2) is 34.8 Å². The minimum atomic E-state index is -4.59. The maximum Gasteiger partial charge on any atom is 0.418 e. The van der Waals surface area contributed by atoms with E-state index in [1.54, 1.807) is 13.0 Å². The summed E-state index contributed by atoms with van der Waals surface area (Å²) in [5.41, 5.74) is 2.63. The Bertz CT molecular complexity index is 1200. The fraction of sp³-hybridized carbons (Fsp3) is 0.360. The van der Waals surface area contributed by atoms with Crippen LogP contribution < -0.4 is 5.32 Å². The first-order valence-electron chi connectivity index (χ1n) is 11.1. The first-order valence-corrected chi connectivity index (χ1v) is 11.1. The zero-order valence-electron chi connectivity index (χ0n) is 18.6. The number of fused-ring (bicyclic) bond motifs is 3. The zero-order valence-corrected chi connectivity index (χ0v) is 18.6. The van der Waals surface area contributed by atoms with Gasteiger partial charge in [0.1, 0.15) is 6.54 Å². The van der Waals surface area contributed by atoms with Crippen molar-refractivity contribution in [1.82, 2.24) is 9.88 Å². The molecular weight excluding hydrogens is 431 g/mol. The number of rotatable bonds is 5. The molecule has 2 aromatic carbocycles. The molecule has 0 fully saturated rings. The molecule has 1 aromatic heterocycles. The maximum absolute atomic E-state index is 13.2. The average Bonchev–Trinajstić information content (AvgIpc) is 3.13. The van der Waals surface area contributed by atoms with Crippen LogP contribution in [0.4, 0.5) is 18.9 Å². The van der Waals surface area contributed by atoms with Crippen LogP contribution in [0.2, 0.25) is 0 Å². The fourth-order valence-electron chi connectivity index (χ4n) is 4.44. The van der Waals surface area contributed by atoms with Gasteiger partial charge in [-0.05, 0) is 68.0 Å². The number of likely N-dealkylation sites (N-methyl/N-ethyl adjacent to an activating group) is 1. The maximum atomic E-state index is 13.2. The van der Waals surface area contributed by atoms with Gasteiger partial charge < -0.3 is 15.2 Å². The summed E-state index contributed by atoms with van der Waals surface area (Å²) in [6.45, 7) is 3.84. The molecule has 0 bridgehead atoms. The molecule has 1 aliphatic rings. The molecule has 0 saturated carbocycles. The van der Waals surface area contributed by atoms with E-state index in [0.29, 0.717) is 11.5 Å². The van der Waals surface area contributed by atoms with Gasteiger partial charge in [0.2, 0.25) is 5.91 Å². The van der Waals surface area contributed by atoms with Gasteiger partial charge in [-0.25, -0.2) is 0 Å². The van der Waals surface area contributed by atoms with Gasteiger partial charge in [-0.2, -0.15) is 13.2 Å². The Balaban J connectivity index is 1.52. The minimum absolute atomic E-state index is 0.244. The highest BCUT2D eigenvalue weighted by Crippen LogP contribution is 2.35. The number of aromatic nitrogens is 1. The molecule has 5 nitrogen and oxygen atoms in total. The molecule has 1 aliphatic carbocycles. The average molecular weight is 457 g/mol. The van der Waals surface area contributed by atoms with Crippen LogP contribution in [0.1, 0.15) is 47.4 Å². The lowest BCUT2D eigenvalue weighted by molar-refractivity contribution is -0.137. The van der Waals surface area contributed by atoms with Gasteiger partial charge in [-0.15, -0.1) is 0 Å². The third kappa shape index (κ3) is 4.74. The second-order valence-corrected chi connectivity index (χ2v) is 8.60. The Morgan fingerprint density at radius 2 is 1.94 bits per heavy atom. The topological polar surface area (TPSA) is 65.2 Å². The number of hydrogen-bond acceptors (Lipinski definition) is 2. The summed E-state index contributed by atoms with van der Waals surface area (Å²) in [5.74, 6) is -0.445. The number of nitrogens with zero attached hydrogens (tertiary/aromatic N) is 1. The lowest BCUT2D eigenvalue weighted by atomic mass is 9.87. The molecular formula is C25H26F3N3O2. The Morgan fingerprint density at radius 1 is 1.18 bits per heavy atom. The standard InChI is InChI=1S/C25H26F3N3O2/c1-3-31(14-23(32)30-22-7-5-4-6-19(22)25(26,27)28)24(33)16-9-11-21-18(13-16)17-12-15(2)8-10-20(17)29-21/h4-7,9,11,13,15,29H,3,8,10,12,14H2,1-2H3,(H,30,32)/t15-/m0/s1. The number of para-hydroxylation sites is 1. The highest BCUT2D eigenvalue weighted by atomic mass is 19.4.